The molecule has 0 aromatic heterocycles. The number of hydrogen-bond acceptors (Lipinski definition) is 3. The normalized spacial score (nSPS) is 21.4. The van der Waals surface area contributed by atoms with Gasteiger partial charge in [-0.15, -0.1) is 5.10 Å². The lowest BCUT2D eigenvalue weighted by Gasteiger charge is -2.34. The molecule has 1 fully saturated rings. The van der Waals surface area contributed by atoms with Gasteiger partial charge in [0.2, 0.25) is 5.96 Å². The van der Waals surface area contributed by atoms with Gasteiger partial charge in [-0.2, -0.15) is 0 Å². The first-order valence-corrected chi connectivity index (χ1v) is 4.28. The van der Waals surface area contributed by atoms with E-state index in [-0.39, 0.29) is 0 Å². The highest BCUT2D eigenvalue weighted by atomic mass is 15.4. The van der Waals surface area contributed by atoms with E-state index < -0.39 is 0 Å². The molecule has 1 aliphatic heterocycles. The van der Waals surface area contributed by atoms with Crippen LogP contribution in [0.3, 0.4) is 0 Å². The van der Waals surface area contributed by atoms with Crippen LogP contribution in [0.1, 0.15) is 6.92 Å². The minimum Gasteiger partial charge on any atom is -0.368 e. The Balaban J connectivity index is 2.36. The van der Waals surface area contributed by atoms with E-state index in [1.54, 1.807) is 0 Å². The van der Waals surface area contributed by atoms with E-state index in [4.69, 9.17) is 11.6 Å². The average Bonchev–Trinajstić information content (AvgIpc) is 2.17. The monoisotopic (exact) mass is 171 g/mol. The van der Waals surface area contributed by atoms with Crippen molar-refractivity contribution < 1.29 is 0 Å². The number of hydrazone groups is 1. The zero-order valence-electron chi connectivity index (χ0n) is 7.53. The Hall–Kier alpha value is -0.970. The summed E-state index contributed by atoms with van der Waals surface area (Å²) < 4.78 is 0. The number of nitrogens with two attached hydrogens (primary N) is 2. The summed E-state index contributed by atoms with van der Waals surface area (Å²) in [6.45, 7) is 7.23. The largest absolute Gasteiger partial charge is 0.368 e. The molecule has 0 saturated carbocycles. The van der Waals surface area contributed by atoms with Crippen molar-refractivity contribution in [2.24, 2.45) is 16.7 Å². The molecule has 5 heteroatoms. The molecule has 0 spiro atoms. The number of piperazine rings is 1. The van der Waals surface area contributed by atoms with Crippen molar-refractivity contribution in [1.82, 2.24) is 9.80 Å². The molecule has 0 amide bonds. The van der Waals surface area contributed by atoms with Crippen LogP contribution in [-0.4, -0.2) is 48.5 Å². The van der Waals surface area contributed by atoms with Crippen molar-refractivity contribution in [3.63, 3.8) is 0 Å². The van der Waals surface area contributed by atoms with Crippen LogP contribution in [0.15, 0.2) is 5.10 Å². The Labute approximate surface area is 73.0 Å². The Morgan fingerprint density at radius 1 is 1.33 bits per heavy atom. The molecule has 4 N–H and O–H groups in total. The summed E-state index contributed by atoms with van der Waals surface area (Å²) in [4.78, 5) is 4.38. The fourth-order valence-electron chi connectivity index (χ4n) is 1.37. The Morgan fingerprint density at radius 3 is 2.33 bits per heavy atom. The van der Waals surface area contributed by atoms with Gasteiger partial charge in [0, 0.05) is 26.2 Å². The smallest absolute Gasteiger partial charge is 0.213 e. The van der Waals surface area contributed by atoms with Crippen molar-refractivity contribution >= 4 is 5.96 Å². The van der Waals surface area contributed by atoms with E-state index in [1.807, 2.05) is 4.90 Å². The molecule has 1 saturated heterocycles. The summed E-state index contributed by atoms with van der Waals surface area (Å²) in [7, 11) is 0. The van der Waals surface area contributed by atoms with Crippen LogP contribution < -0.4 is 11.6 Å². The van der Waals surface area contributed by atoms with Gasteiger partial charge in [-0.3, -0.25) is 0 Å². The minimum absolute atomic E-state index is 0.450. The van der Waals surface area contributed by atoms with Crippen molar-refractivity contribution in [2.75, 3.05) is 32.7 Å². The lowest BCUT2D eigenvalue weighted by atomic mass is 10.3. The van der Waals surface area contributed by atoms with Crippen LogP contribution >= 0.6 is 0 Å². The first kappa shape index (κ1) is 9.12. The lowest BCUT2D eigenvalue weighted by molar-refractivity contribution is 0.188. The van der Waals surface area contributed by atoms with Gasteiger partial charge in [-0.05, 0) is 6.54 Å². The highest BCUT2D eigenvalue weighted by Gasteiger charge is 2.16. The number of hydrogen-bond donors (Lipinski definition) is 2. The van der Waals surface area contributed by atoms with E-state index >= 15 is 0 Å². The van der Waals surface area contributed by atoms with Crippen molar-refractivity contribution in [1.29, 1.82) is 0 Å². The molecule has 70 valence electrons. The topological polar surface area (TPSA) is 70.9 Å². The van der Waals surface area contributed by atoms with Gasteiger partial charge < -0.3 is 21.4 Å². The second-order valence-corrected chi connectivity index (χ2v) is 2.91. The summed E-state index contributed by atoms with van der Waals surface area (Å²) in [5.74, 6) is 5.53. The van der Waals surface area contributed by atoms with Crippen LogP contribution in [0, 0.1) is 0 Å². The zero-order valence-corrected chi connectivity index (χ0v) is 7.53. The van der Waals surface area contributed by atoms with Crippen LogP contribution in [0.25, 0.3) is 0 Å². The van der Waals surface area contributed by atoms with Crippen LogP contribution in [0.5, 0.6) is 0 Å². The Morgan fingerprint density at radius 2 is 1.92 bits per heavy atom. The van der Waals surface area contributed by atoms with E-state index in [1.165, 1.54) is 0 Å². The number of nitrogens with zero attached hydrogens (tertiary/aromatic N) is 3. The summed E-state index contributed by atoms with van der Waals surface area (Å²) in [6, 6.07) is 0. The predicted molar refractivity (Wildman–Crippen MR) is 49.5 cm³/mol. The van der Waals surface area contributed by atoms with Gasteiger partial charge in [0.1, 0.15) is 0 Å². The van der Waals surface area contributed by atoms with Crippen molar-refractivity contribution in [3.8, 4) is 0 Å². The minimum atomic E-state index is 0.450. The number of guanidine groups is 1. The summed E-state index contributed by atoms with van der Waals surface area (Å²) >= 11 is 0. The van der Waals surface area contributed by atoms with Gasteiger partial charge in [0.25, 0.3) is 0 Å². The molecule has 1 rings (SSSR count). The second kappa shape index (κ2) is 4.15. The van der Waals surface area contributed by atoms with E-state index in [0.29, 0.717) is 5.96 Å². The molecule has 12 heavy (non-hydrogen) atoms. The molecule has 0 unspecified atom stereocenters. The molecule has 1 heterocycles. The van der Waals surface area contributed by atoms with Gasteiger partial charge in [-0.25, -0.2) is 0 Å². The highest BCUT2D eigenvalue weighted by Crippen LogP contribution is 1.99. The third kappa shape index (κ3) is 2.01. The number of likely N-dealkylation sites (N-methyl/N-ethyl adjacent to an activating group) is 1. The van der Waals surface area contributed by atoms with E-state index in [0.717, 1.165) is 32.7 Å². The van der Waals surface area contributed by atoms with Gasteiger partial charge in [0.05, 0.1) is 0 Å². The first-order chi connectivity index (χ1) is 5.77. The maximum atomic E-state index is 5.57. The molecule has 0 aromatic rings. The van der Waals surface area contributed by atoms with Crippen LogP contribution in [0.2, 0.25) is 0 Å². The maximum Gasteiger partial charge on any atom is 0.213 e. The fourth-order valence-corrected chi connectivity index (χ4v) is 1.37. The molecule has 0 aromatic carbocycles. The van der Waals surface area contributed by atoms with Crippen molar-refractivity contribution in [3.05, 3.63) is 0 Å². The lowest BCUT2D eigenvalue weighted by Crippen LogP contribution is -2.51. The van der Waals surface area contributed by atoms with E-state index in [2.05, 4.69) is 16.9 Å². The molecule has 5 nitrogen and oxygen atoms in total. The standard InChI is InChI=1S/C7H17N5/c1-2-11-3-5-12(6-4-11)7(8)10-9/h2-6,9H2,1H3,(H2,8,10). The third-order valence-corrected chi connectivity index (χ3v) is 2.28. The SMILES string of the molecule is CCN1CCN(C(N)=NN)CC1. The average molecular weight is 171 g/mol. The van der Waals surface area contributed by atoms with Gasteiger partial charge in [0.15, 0.2) is 0 Å². The molecular weight excluding hydrogens is 154 g/mol. The van der Waals surface area contributed by atoms with Crippen LogP contribution in [0.4, 0.5) is 0 Å². The molecular formula is C7H17N5. The van der Waals surface area contributed by atoms with Crippen molar-refractivity contribution in [2.45, 2.75) is 6.92 Å². The fraction of sp³-hybridized carbons (Fsp3) is 0.857. The Bertz CT molecular complexity index is 159. The predicted octanol–water partition coefficient (Wildman–Crippen LogP) is -1.19. The highest BCUT2D eigenvalue weighted by molar-refractivity contribution is 5.77. The van der Waals surface area contributed by atoms with Crippen LogP contribution in [-0.2, 0) is 0 Å². The number of rotatable bonds is 1. The molecule has 0 radical (unpaired) electrons. The first-order valence-electron chi connectivity index (χ1n) is 4.28. The zero-order chi connectivity index (χ0) is 8.97. The summed E-state index contributed by atoms with van der Waals surface area (Å²) in [6.07, 6.45) is 0. The molecule has 0 aliphatic carbocycles. The van der Waals surface area contributed by atoms with Gasteiger partial charge >= 0.3 is 0 Å². The Kier molecular flexibility index (Phi) is 3.16. The summed E-state index contributed by atoms with van der Waals surface area (Å²) in [5, 5.41) is 3.46. The second-order valence-electron chi connectivity index (χ2n) is 2.91. The molecule has 0 atom stereocenters. The third-order valence-electron chi connectivity index (χ3n) is 2.28. The quantitative estimate of drug-likeness (QED) is 0.225. The van der Waals surface area contributed by atoms with Gasteiger partial charge in [-0.1, -0.05) is 6.92 Å². The maximum absolute atomic E-state index is 5.57. The summed E-state index contributed by atoms with van der Waals surface area (Å²) in [5.41, 5.74) is 5.57. The molecule has 1 aliphatic rings. The van der Waals surface area contributed by atoms with E-state index in [9.17, 15) is 0 Å². The molecule has 0 bridgehead atoms.